The molecule has 2 heterocycles. The molecule has 24 heavy (non-hydrogen) atoms. The summed E-state index contributed by atoms with van der Waals surface area (Å²) in [6.07, 6.45) is 1.75. The Balaban J connectivity index is 1.78. The summed E-state index contributed by atoms with van der Waals surface area (Å²) >= 11 is 1.35. The Labute approximate surface area is 145 Å². The topological polar surface area (TPSA) is 96.2 Å². The van der Waals surface area contributed by atoms with E-state index in [9.17, 15) is 4.79 Å². The average molecular weight is 349 g/mol. The summed E-state index contributed by atoms with van der Waals surface area (Å²) < 4.78 is 1.80. The van der Waals surface area contributed by atoms with Gasteiger partial charge in [0.1, 0.15) is 4.88 Å². The fourth-order valence-electron chi connectivity index (χ4n) is 2.02. The molecule has 0 fully saturated rings. The number of hydrogen-bond acceptors (Lipinski definition) is 5. The van der Waals surface area contributed by atoms with Gasteiger partial charge in [-0.2, -0.15) is 5.10 Å². The van der Waals surface area contributed by atoms with Crippen LogP contribution in [0.15, 0.2) is 22.8 Å². The minimum absolute atomic E-state index is 0.0892. The lowest BCUT2D eigenvalue weighted by Gasteiger charge is -2.11. The van der Waals surface area contributed by atoms with E-state index in [0.717, 1.165) is 17.9 Å². The maximum absolute atomic E-state index is 12.0. The largest absolute Gasteiger partial charge is 0.357 e. The van der Waals surface area contributed by atoms with E-state index in [4.69, 9.17) is 0 Å². The van der Waals surface area contributed by atoms with Crippen LogP contribution in [0.3, 0.4) is 0 Å². The molecule has 2 rings (SSSR count). The normalized spacial score (nSPS) is 11.4. The van der Waals surface area contributed by atoms with Gasteiger partial charge in [0, 0.05) is 32.9 Å². The Morgan fingerprint density at radius 2 is 2.12 bits per heavy atom. The predicted molar refractivity (Wildman–Crippen MR) is 95.2 cm³/mol. The van der Waals surface area contributed by atoms with Crippen molar-refractivity contribution in [1.82, 2.24) is 30.7 Å². The highest BCUT2D eigenvalue weighted by Gasteiger charge is 2.10. The van der Waals surface area contributed by atoms with Gasteiger partial charge >= 0.3 is 0 Å². The molecule has 2 aromatic heterocycles. The van der Waals surface area contributed by atoms with Crippen molar-refractivity contribution in [2.24, 2.45) is 12.0 Å². The average Bonchev–Trinajstić information content (AvgIpc) is 3.17. The molecule has 0 spiro atoms. The number of amides is 1. The van der Waals surface area contributed by atoms with Crippen molar-refractivity contribution in [3.05, 3.63) is 34.0 Å². The van der Waals surface area contributed by atoms with Crippen molar-refractivity contribution < 1.29 is 4.79 Å². The van der Waals surface area contributed by atoms with Gasteiger partial charge in [0.15, 0.2) is 5.96 Å². The zero-order valence-electron chi connectivity index (χ0n) is 14.2. The highest BCUT2D eigenvalue weighted by atomic mass is 32.1. The number of aryl methyl sites for hydroxylation is 2. The van der Waals surface area contributed by atoms with Crippen LogP contribution in [-0.2, 0) is 13.6 Å². The third-order valence-electron chi connectivity index (χ3n) is 3.32. The predicted octanol–water partition coefficient (Wildman–Crippen LogP) is 0.670. The summed E-state index contributed by atoms with van der Waals surface area (Å²) in [5, 5.41) is 13.4. The number of rotatable bonds is 7. The van der Waals surface area contributed by atoms with E-state index < -0.39 is 0 Å². The molecule has 2 aromatic rings. The molecule has 0 aliphatic carbocycles. The number of hydrogen-bond donors (Lipinski definition) is 3. The lowest BCUT2D eigenvalue weighted by atomic mass is 10.4. The number of carbonyl (C=O) groups is 1. The van der Waals surface area contributed by atoms with Crippen LogP contribution in [-0.4, -0.2) is 46.3 Å². The molecule has 0 unspecified atom stereocenters. The molecular weight excluding hydrogens is 326 g/mol. The summed E-state index contributed by atoms with van der Waals surface area (Å²) in [4.78, 5) is 21.2. The zero-order valence-corrected chi connectivity index (χ0v) is 15.0. The maximum atomic E-state index is 12.0. The van der Waals surface area contributed by atoms with E-state index in [1.54, 1.807) is 16.4 Å². The van der Waals surface area contributed by atoms with E-state index in [1.807, 2.05) is 27.0 Å². The number of carbonyl (C=O) groups excluding carboxylic acids is 1. The molecule has 1 amide bonds. The van der Waals surface area contributed by atoms with Gasteiger partial charge in [0.05, 0.1) is 23.4 Å². The highest BCUT2D eigenvalue weighted by Crippen LogP contribution is 2.11. The van der Waals surface area contributed by atoms with Crippen LogP contribution in [0.2, 0.25) is 0 Å². The minimum Gasteiger partial charge on any atom is -0.357 e. The zero-order chi connectivity index (χ0) is 17.4. The van der Waals surface area contributed by atoms with Gasteiger partial charge in [-0.15, -0.1) is 11.3 Å². The van der Waals surface area contributed by atoms with Crippen molar-refractivity contribution in [1.29, 1.82) is 0 Å². The highest BCUT2D eigenvalue weighted by molar-refractivity contribution is 7.11. The summed E-state index contributed by atoms with van der Waals surface area (Å²) in [7, 11) is 1.89. The summed E-state index contributed by atoms with van der Waals surface area (Å²) in [5.74, 6) is 0.621. The van der Waals surface area contributed by atoms with Gasteiger partial charge < -0.3 is 16.0 Å². The first-order valence-corrected chi connectivity index (χ1v) is 8.67. The lowest BCUT2D eigenvalue weighted by Crippen LogP contribution is -2.41. The van der Waals surface area contributed by atoms with E-state index in [2.05, 4.69) is 31.0 Å². The summed E-state index contributed by atoms with van der Waals surface area (Å²) in [6, 6.07) is 1.94. The molecule has 0 bridgehead atoms. The van der Waals surface area contributed by atoms with Crippen LogP contribution in [0.4, 0.5) is 0 Å². The SMILES string of the molecule is CCNC(=NCc1ccnn1C)NCCNC(=O)c1scnc1C. The molecule has 0 aromatic carbocycles. The number of aromatic nitrogens is 3. The number of aliphatic imine (C=N–C) groups is 1. The van der Waals surface area contributed by atoms with Crippen LogP contribution in [0.1, 0.15) is 28.0 Å². The number of nitrogens with zero attached hydrogens (tertiary/aromatic N) is 4. The van der Waals surface area contributed by atoms with Crippen molar-refractivity contribution in [3.8, 4) is 0 Å². The lowest BCUT2D eigenvalue weighted by molar-refractivity contribution is 0.0957. The minimum atomic E-state index is -0.0892. The smallest absolute Gasteiger partial charge is 0.263 e. The van der Waals surface area contributed by atoms with Gasteiger partial charge in [-0.3, -0.25) is 9.48 Å². The summed E-state index contributed by atoms with van der Waals surface area (Å²) in [5.41, 5.74) is 3.47. The molecule has 0 saturated carbocycles. The second kappa shape index (κ2) is 9.02. The Kier molecular flexibility index (Phi) is 6.74. The van der Waals surface area contributed by atoms with Gasteiger partial charge in [0.25, 0.3) is 5.91 Å². The standard InChI is InChI=1S/C15H23N7OS/c1-4-16-15(19-9-12-5-6-21-22(12)3)18-8-7-17-14(23)13-11(2)20-10-24-13/h5-6,10H,4,7-9H2,1-3H3,(H,17,23)(H2,16,18,19). The van der Waals surface area contributed by atoms with Crippen LogP contribution in [0, 0.1) is 6.92 Å². The molecule has 0 radical (unpaired) electrons. The van der Waals surface area contributed by atoms with Gasteiger partial charge in [0.2, 0.25) is 0 Å². The van der Waals surface area contributed by atoms with Crippen molar-refractivity contribution in [2.75, 3.05) is 19.6 Å². The Hall–Kier alpha value is -2.42. The second-order valence-electron chi connectivity index (χ2n) is 5.09. The van der Waals surface area contributed by atoms with Crippen LogP contribution >= 0.6 is 11.3 Å². The fourth-order valence-corrected chi connectivity index (χ4v) is 2.73. The van der Waals surface area contributed by atoms with E-state index in [0.29, 0.717) is 30.5 Å². The Morgan fingerprint density at radius 1 is 1.33 bits per heavy atom. The van der Waals surface area contributed by atoms with Gasteiger partial charge in [-0.05, 0) is 19.9 Å². The molecule has 0 aliphatic rings. The number of guanidine groups is 1. The van der Waals surface area contributed by atoms with E-state index >= 15 is 0 Å². The van der Waals surface area contributed by atoms with Gasteiger partial charge in [-0.1, -0.05) is 0 Å². The van der Waals surface area contributed by atoms with Crippen molar-refractivity contribution >= 4 is 23.2 Å². The molecule has 8 nitrogen and oxygen atoms in total. The van der Waals surface area contributed by atoms with Crippen LogP contribution in [0.25, 0.3) is 0 Å². The number of nitrogens with one attached hydrogen (secondary N) is 3. The Bertz CT molecular complexity index is 692. The molecule has 9 heteroatoms. The van der Waals surface area contributed by atoms with E-state index in [1.165, 1.54) is 11.3 Å². The quantitative estimate of drug-likeness (QED) is 0.388. The van der Waals surface area contributed by atoms with E-state index in [-0.39, 0.29) is 5.91 Å². The van der Waals surface area contributed by atoms with Crippen LogP contribution in [0.5, 0.6) is 0 Å². The first-order valence-electron chi connectivity index (χ1n) is 7.79. The Morgan fingerprint density at radius 3 is 2.75 bits per heavy atom. The third kappa shape index (κ3) is 5.05. The third-order valence-corrected chi connectivity index (χ3v) is 4.25. The second-order valence-corrected chi connectivity index (χ2v) is 5.95. The molecular formula is C15H23N7OS. The monoisotopic (exact) mass is 349 g/mol. The maximum Gasteiger partial charge on any atom is 0.263 e. The van der Waals surface area contributed by atoms with Crippen molar-refractivity contribution in [3.63, 3.8) is 0 Å². The summed E-state index contributed by atoms with van der Waals surface area (Å²) in [6.45, 7) is 6.24. The van der Waals surface area contributed by atoms with Gasteiger partial charge in [-0.25, -0.2) is 9.98 Å². The van der Waals surface area contributed by atoms with Crippen LogP contribution < -0.4 is 16.0 Å². The first kappa shape index (κ1) is 17.9. The molecule has 0 saturated heterocycles. The fraction of sp³-hybridized carbons (Fsp3) is 0.467. The van der Waals surface area contributed by atoms with Crippen molar-refractivity contribution in [2.45, 2.75) is 20.4 Å². The number of thiazole rings is 1. The molecule has 0 aliphatic heterocycles. The first-order chi connectivity index (χ1) is 11.6. The molecule has 3 N–H and O–H groups in total. The molecule has 130 valence electrons. The molecule has 0 atom stereocenters.